The van der Waals surface area contributed by atoms with Crippen LogP contribution in [0.1, 0.15) is 30.4 Å². The van der Waals surface area contributed by atoms with Crippen molar-refractivity contribution in [1.29, 1.82) is 0 Å². The maximum absolute atomic E-state index is 2.60. The van der Waals surface area contributed by atoms with Crippen LogP contribution in [0.15, 0.2) is 78.9 Å². The summed E-state index contributed by atoms with van der Waals surface area (Å²) in [6, 6.07) is 21.8. The average molecular weight is 303 g/mol. The van der Waals surface area contributed by atoms with Gasteiger partial charge in [-0.05, 0) is 30.5 Å². The van der Waals surface area contributed by atoms with Gasteiger partial charge in [0, 0.05) is 12.6 Å². The summed E-state index contributed by atoms with van der Waals surface area (Å²) in [5, 5.41) is 0. The Bertz CT molecular complexity index is 628. The average Bonchev–Trinajstić information content (AvgIpc) is 2.62. The summed E-state index contributed by atoms with van der Waals surface area (Å²) in [4.78, 5) is 2.60. The first-order valence-electron chi connectivity index (χ1n) is 8.60. The number of benzene rings is 2. The highest BCUT2D eigenvalue weighted by Gasteiger charge is 2.19. The number of hydrogen-bond acceptors (Lipinski definition) is 1. The zero-order chi connectivity index (χ0) is 15.7. The fraction of sp³-hybridized carbons (Fsp3) is 0.273. The van der Waals surface area contributed by atoms with Crippen LogP contribution < -0.4 is 0 Å². The van der Waals surface area contributed by atoms with Gasteiger partial charge in [0.15, 0.2) is 0 Å². The van der Waals surface area contributed by atoms with Crippen molar-refractivity contribution in [2.45, 2.75) is 31.8 Å². The smallest absolute Gasteiger partial charge is 0.0284 e. The predicted octanol–water partition coefficient (Wildman–Crippen LogP) is 5.31. The van der Waals surface area contributed by atoms with Crippen LogP contribution >= 0.6 is 0 Å². The highest BCUT2D eigenvalue weighted by atomic mass is 15.2. The predicted molar refractivity (Wildman–Crippen MR) is 99.1 cm³/mol. The number of rotatable bonds is 5. The van der Waals surface area contributed by atoms with E-state index in [1.807, 2.05) is 0 Å². The van der Waals surface area contributed by atoms with Crippen molar-refractivity contribution in [3.63, 3.8) is 0 Å². The molecule has 2 aromatic carbocycles. The van der Waals surface area contributed by atoms with E-state index in [1.165, 1.54) is 36.9 Å². The van der Waals surface area contributed by atoms with E-state index in [4.69, 9.17) is 0 Å². The van der Waals surface area contributed by atoms with E-state index in [2.05, 4.69) is 89.9 Å². The molecule has 0 aromatic heterocycles. The molecule has 0 N–H and O–H groups in total. The molecule has 1 aliphatic rings. The van der Waals surface area contributed by atoms with E-state index in [0.717, 1.165) is 6.54 Å². The lowest BCUT2D eigenvalue weighted by atomic mass is 10.0. The van der Waals surface area contributed by atoms with Gasteiger partial charge in [-0.1, -0.05) is 91.4 Å². The van der Waals surface area contributed by atoms with Gasteiger partial charge in [0.25, 0.3) is 0 Å². The summed E-state index contributed by atoms with van der Waals surface area (Å²) in [7, 11) is 0. The van der Waals surface area contributed by atoms with Crippen molar-refractivity contribution in [3.05, 3.63) is 90.0 Å². The minimum absolute atomic E-state index is 0.560. The van der Waals surface area contributed by atoms with Crippen LogP contribution in [0.2, 0.25) is 0 Å². The number of allylic oxidation sites excluding steroid dienone is 2. The number of nitrogens with zero attached hydrogens (tertiary/aromatic N) is 1. The molecular weight excluding hydrogens is 278 g/mol. The zero-order valence-corrected chi connectivity index (χ0v) is 13.6. The van der Waals surface area contributed by atoms with Crippen molar-refractivity contribution in [1.82, 2.24) is 4.90 Å². The normalized spacial score (nSPS) is 19.6. The second-order valence-corrected chi connectivity index (χ2v) is 6.17. The van der Waals surface area contributed by atoms with E-state index in [1.54, 1.807) is 0 Å². The van der Waals surface area contributed by atoms with Crippen molar-refractivity contribution in [2.75, 3.05) is 6.54 Å². The van der Waals surface area contributed by atoms with E-state index >= 15 is 0 Å². The van der Waals surface area contributed by atoms with Crippen molar-refractivity contribution in [2.24, 2.45) is 0 Å². The summed E-state index contributed by atoms with van der Waals surface area (Å²) in [5.41, 5.74) is 2.66. The van der Waals surface area contributed by atoms with Gasteiger partial charge in [-0.15, -0.1) is 0 Å². The van der Waals surface area contributed by atoms with Crippen LogP contribution in [0, 0.1) is 0 Å². The molecule has 23 heavy (non-hydrogen) atoms. The molecule has 1 fully saturated rings. The van der Waals surface area contributed by atoms with Crippen LogP contribution in [0.3, 0.4) is 0 Å². The van der Waals surface area contributed by atoms with Crippen LogP contribution in [-0.4, -0.2) is 17.5 Å². The summed E-state index contributed by atoms with van der Waals surface area (Å²) in [5.74, 6) is 0. The summed E-state index contributed by atoms with van der Waals surface area (Å²) in [6.45, 7) is 2.25. The van der Waals surface area contributed by atoms with Crippen LogP contribution in [-0.2, 0) is 6.54 Å². The lowest BCUT2D eigenvalue weighted by molar-refractivity contribution is 0.172. The molecule has 1 unspecified atom stereocenters. The van der Waals surface area contributed by atoms with Gasteiger partial charge in [-0.2, -0.15) is 0 Å². The number of piperidine rings is 1. The minimum Gasteiger partial charge on any atom is -0.293 e. The maximum atomic E-state index is 2.60. The van der Waals surface area contributed by atoms with Crippen molar-refractivity contribution in [3.8, 4) is 0 Å². The third-order valence-corrected chi connectivity index (χ3v) is 4.43. The van der Waals surface area contributed by atoms with Crippen LogP contribution in [0.25, 0.3) is 6.08 Å². The standard InChI is InChI=1S/C22H25N/c1-3-11-20(12-4-1)13-7-8-16-22-17-9-10-18-23(22)19-21-14-5-2-6-15-21/h1-8,11-16,22H,9-10,17-19H2/b13-7+,16-8+. The molecular formula is C22H25N. The lowest BCUT2D eigenvalue weighted by Crippen LogP contribution is -2.37. The molecule has 0 radical (unpaired) electrons. The molecule has 1 atom stereocenters. The second-order valence-electron chi connectivity index (χ2n) is 6.17. The first-order valence-corrected chi connectivity index (χ1v) is 8.60. The van der Waals surface area contributed by atoms with Gasteiger partial charge in [-0.3, -0.25) is 4.90 Å². The fourth-order valence-corrected chi connectivity index (χ4v) is 3.17. The molecule has 0 aliphatic carbocycles. The minimum atomic E-state index is 0.560. The third-order valence-electron chi connectivity index (χ3n) is 4.43. The van der Waals surface area contributed by atoms with E-state index < -0.39 is 0 Å². The lowest BCUT2D eigenvalue weighted by Gasteiger charge is -2.34. The Kier molecular flexibility index (Phi) is 5.82. The van der Waals surface area contributed by atoms with E-state index in [0.29, 0.717) is 6.04 Å². The SMILES string of the molecule is C(/C=C/C1CCCCN1Cc1ccccc1)=C\c1ccccc1. The Morgan fingerprint density at radius 2 is 1.61 bits per heavy atom. The molecule has 1 heteroatoms. The molecule has 3 rings (SSSR count). The van der Waals surface area contributed by atoms with Gasteiger partial charge in [-0.25, -0.2) is 0 Å². The van der Waals surface area contributed by atoms with E-state index in [-0.39, 0.29) is 0 Å². The monoisotopic (exact) mass is 303 g/mol. The third kappa shape index (κ3) is 4.94. The summed E-state index contributed by atoms with van der Waals surface area (Å²) >= 11 is 0. The zero-order valence-electron chi connectivity index (χ0n) is 13.6. The molecule has 0 amide bonds. The summed E-state index contributed by atoms with van der Waals surface area (Å²) in [6.07, 6.45) is 12.8. The Morgan fingerprint density at radius 3 is 2.39 bits per heavy atom. The molecule has 1 aliphatic heterocycles. The quantitative estimate of drug-likeness (QED) is 0.676. The molecule has 118 valence electrons. The Hall–Kier alpha value is -2.12. The van der Waals surface area contributed by atoms with E-state index in [9.17, 15) is 0 Å². The van der Waals surface area contributed by atoms with Gasteiger partial charge in [0.2, 0.25) is 0 Å². The van der Waals surface area contributed by atoms with Gasteiger partial charge in [0.1, 0.15) is 0 Å². The van der Waals surface area contributed by atoms with Crippen molar-refractivity contribution < 1.29 is 0 Å². The van der Waals surface area contributed by atoms with Crippen LogP contribution in [0.4, 0.5) is 0 Å². The molecule has 0 saturated carbocycles. The Balaban J connectivity index is 1.60. The van der Waals surface area contributed by atoms with Gasteiger partial charge >= 0.3 is 0 Å². The van der Waals surface area contributed by atoms with Crippen LogP contribution in [0.5, 0.6) is 0 Å². The molecule has 1 heterocycles. The fourth-order valence-electron chi connectivity index (χ4n) is 3.17. The summed E-state index contributed by atoms with van der Waals surface area (Å²) < 4.78 is 0. The highest BCUT2D eigenvalue weighted by Crippen LogP contribution is 2.20. The first-order chi connectivity index (χ1) is 11.4. The number of hydrogen-bond donors (Lipinski definition) is 0. The molecule has 0 spiro atoms. The second kappa shape index (κ2) is 8.50. The van der Waals surface area contributed by atoms with Gasteiger partial charge < -0.3 is 0 Å². The Morgan fingerprint density at radius 1 is 0.870 bits per heavy atom. The molecule has 1 saturated heterocycles. The largest absolute Gasteiger partial charge is 0.293 e. The van der Waals surface area contributed by atoms with Gasteiger partial charge in [0.05, 0.1) is 0 Å². The first kappa shape index (κ1) is 15.8. The molecule has 0 bridgehead atoms. The maximum Gasteiger partial charge on any atom is 0.0284 e. The molecule has 1 nitrogen and oxygen atoms in total. The molecule has 2 aromatic rings. The topological polar surface area (TPSA) is 3.24 Å². The highest BCUT2D eigenvalue weighted by molar-refractivity contribution is 5.50. The van der Waals surface area contributed by atoms with Crippen molar-refractivity contribution >= 4 is 6.08 Å². The number of likely N-dealkylation sites (tertiary alicyclic amines) is 1. The Labute approximate surface area is 140 Å².